The number of aliphatic hydroxyl groups is 1. The van der Waals surface area contributed by atoms with Crippen LogP contribution in [0.2, 0.25) is 0 Å². The normalized spacial score (nSPS) is 26.2. The topological polar surface area (TPSA) is 69.6 Å². The molecule has 0 radical (unpaired) electrons. The third-order valence-electron chi connectivity index (χ3n) is 3.85. The smallest absolute Gasteiger partial charge is 0.255 e. The number of rotatable bonds is 3. The number of benzene rings is 1. The molecule has 0 aromatic heterocycles. The average molecular weight is 342 g/mol. The summed E-state index contributed by atoms with van der Waals surface area (Å²) >= 11 is 3.23. The Morgan fingerprint density at radius 2 is 2.30 bits per heavy atom. The van der Waals surface area contributed by atoms with E-state index in [9.17, 15) is 15.0 Å². The van der Waals surface area contributed by atoms with Crippen LogP contribution in [0.1, 0.15) is 43.0 Å². The van der Waals surface area contributed by atoms with Crippen molar-refractivity contribution in [2.75, 3.05) is 6.54 Å². The number of hydrogen-bond acceptors (Lipinski definition) is 3. The number of aromatic hydroxyl groups is 1. The zero-order valence-electron chi connectivity index (χ0n) is 11.5. The Balaban J connectivity index is 1.98. The summed E-state index contributed by atoms with van der Waals surface area (Å²) in [5.74, 6) is 0.0502. The van der Waals surface area contributed by atoms with Crippen LogP contribution < -0.4 is 5.32 Å². The van der Waals surface area contributed by atoms with Gasteiger partial charge in [0, 0.05) is 11.0 Å². The van der Waals surface area contributed by atoms with Crippen molar-refractivity contribution in [3.05, 3.63) is 28.2 Å². The predicted octanol–water partition coefficient (Wildman–Crippen LogP) is 2.83. The number of halogens is 1. The first kappa shape index (κ1) is 15.3. The first-order chi connectivity index (χ1) is 9.39. The SMILES string of the molecule is CC1CCCC(O)(CNC(=O)c2ccc(Br)cc2O)C1. The maximum Gasteiger partial charge on any atom is 0.255 e. The highest BCUT2D eigenvalue weighted by Gasteiger charge is 2.33. The third-order valence-corrected chi connectivity index (χ3v) is 4.34. The van der Waals surface area contributed by atoms with Crippen LogP contribution in [0.4, 0.5) is 0 Å². The molecule has 0 heterocycles. The fourth-order valence-electron chi connectivity index (χ4n) is 2.83. The van der Waals surface area contributed by atoms with Gasteiger partial charge in [-0.1, -0.05) is 35.7 Å². The lowest BCUT2D eigenvalue weighted by molar-refractivity contribution is -0.0109. The lowest BCUT2D eigenvalue weighted by atomic mass is 9.79. The van der Waals surface area contributed by atoms with E-state index in [1.807, 2.05) is 0 Å². The van der Waals surface area contributed by atoms with E-state index in [1.54, 1.807) is 12.1 Å². The third kappa shape index (κ3) is 3.73. The van der Waals surface area contributed by atoms with E-state index in [0.29, 0.717) is 23.2 Å². The van der Waals surface area contributed by atoms with Crippen molar-refractivity contribution in [1.82, 2.24) is 5.32 Å². The van der Waals surface area contributed by atoms with E-state index < -0.39 is 5.60 Å². The molecule has 110 valence electrons. The highest BCUT2D eigenvalue weighted by Crippen LogP contribution is 2.31. The number of phenols is 1. The number of carbonyl (C=O) groups excluding carboxylic acids is 1. The first-order valence-corrected chi connectivity index (χ1v) is 7.68. The molecular formula is C15H20BrNO3. The van der Waals surface area contributed by atoms with Crippen molar-refractivity contribution in [3.63, 3.8) is 0 Å². The average Bonchev–Trinajstić information content (AvgIpc) is 2.36. The minimum Gasteiger partial charge on any atom is -0.507 e. The van der Waals surface area contributed by atoms with Gasteiger partial charge < -0.3 is 15.5 Å². The second kappa shape index (κ2) is 6.14. The molecular weight excluding hydrogens is 322 g/mol. The van der Waals surface area contributed by atoms with Gasteiger partial charge in [0.15, 0.2) is 0 Å². The molecule has 2 rings (SSSR count). The Labute approximate surface area is 127 Å². The second-order valence-corrected chi connectivity index (χ2v) is 6.69. The Kier molecular flexibility index (Phi) is 4.70. The number of amides is 1. The highest BCUT2D eigenvalue weighted by molar-refractivity contribution is 9.10. The molecule has 1 aliphatic rings. The van der Waals surface area contributed by atoms with Crippen molar-refractivity contribution < 1.29 is 15.0 Å². The predicted molar refractivity (Wildman–Crippen MR) is 80.7 cm³/mol. The molecule has 1 saturated carbocycles. The van der Waals surface area contributed by atoms with Gasteiger partial charge in [-0.15, -0.1) is 0 Å². The van der Waals surface area contributed by atoms with Gasteiger partial charge in [-0.2, -0.15) is 0 Å². The molecule has 1 amide bonds. The highest BCUT2D eigenvalue weighted by atomic mass is 79.9. The maximum absolute atomic E-state index is 12.0. The molecule has 4 nitrogen and oxygen atoms in total. The van der Waals surface area contributed by atoms with Crippen LogP contribution >= 0.6 is 15.9 Å². The first-order valence-electron chi connectivity index (χ1n) is 6.89. The Bertz CT molecular complexity index is 506. The van der Waals surface area contributed by atoms with Gasteiger partial charge in [-0.3, -0.25) is 4.79 Å². The Hall–Kier alpha value is -1.07. The minimum absolute atomic E-state index is 0.0686. The van der Waals surface area contributed by atoms with Crippen LogP contribution in [0.5, 0.6) is 5.75 Å². The summed E-state index contributed by atoms with van der Waals surface area (Å²) in [5.41, 5.74) is -0.598. The summed E-state index contributed by atoms with van der Waals surface area (Å²) in [6.45, 7) is 2.35. The molecule has 1 fully saturated rings. The summed E-state index contributed by atoms with van der Waals surface area (Å²) in [6.07, 6.45) is 3.53. The fourth-order valence-corrected chi connectivity index (χ4v) is 3.18. The van der Waals surface area contributed by atoms with Gasteiger partial charge in [0.2, 0.25) is 0 Å². The maximum atomic E-state index is 12.0. The monoisotopic (exact) mass is 341 g/mol. The van der Waals surface area contributed by atoms with Gasteiger partial charge in [-0.25, -0.2) is 0 Å². The van der Waals surface area contributed by atoms with Crippen molar-refractivity contribution in [2.24, 2.45) is 5.92 Å². The van der Waals surface area contributed by atoms with Crippen LogP contribution in [0.3, 0.4) is 0 Å². The molecule has 1 aromatic rings. The number of phenolic OH excluding ortho intramolecular Hbond substituents is 1. The van der Waals surface area contributed by atoms with Gasteiger partial charge >= 0.3 is 0 Å². The quantitative estimate of drug-likeness (QED) is 0.791. The van der Waals surface area contributed by atoms with E-state index in [0.717, 1.165) is 12.8 Å². The molecule has 2 unspecified atom stereocenters. The zero-order valence-corrected chi connectivity index (χ0v) is 13.1. The van der Waals surface area contributed by atoms with Crippen molar-refractivity contribution >= 4 is 21.8 Å². The van der Waals surface area contributed by atoms with E-state index in [2.05, 4.69) is 28.2 Å². The molecule has 1 aromatic carbocycles. The largest absolute Gasteiger partial charge is 0.507 e. The van der Waals surface area contributed by atoms with Gasteiger partial charge in [-0.05, 0) is 37.0 Å². The van der Waals surface area contributed by atoms with Crippen molar-refractivity contribution in [3.8, 4) is 5.75 Å². The van der Waals surface area contributed by atoms with Crippen LogP contribution in [0.25, 0.3) is 0 Å². The molecule has 0 spiro atoms. The van der Waals surface area contributed by atoms with E-state index in [1.165, 1.54) is 6.07 Å². The standard InChI is InChI=1S/C15H20BrNO3/c1-10-3-2-6-15(20,8-10)9-17-14(19)12-5-4-11(16)7-13(12)18/h4-5,7,10,18,20H,2-3,6,8-9H2,1H3,(H,17,19). The molecule has 1 aliphatic carbocycles. The van der Waals surface area contributed by atoms with Gasteiger partial charge in [0.1, 0.15) is 5.75 Å². The van der Waals surface area contributed by atoms with Crippen LogP contribution in [-0.2, 0) is 0 Å². The molecule has 0 aliphatic heterocycles. The van der Waals surface area contributed by atoms with Crippen molar-refractivity contribution in [2.45, 2.75) is 38.2 Å². The summed E-state index contributed by atoms with van der Waals surface area (Å²) in [5, 5.41) is 22.9. The van der Waals surface area contributed by atoms with Crippen molar-refractivity contribution in [1.29, 1.82) is 0 Å². The van der Waals surface area contributed by atoms with Crippen LogP contribution in [0, 0.1) is 5.92 Å². The van der Waals surface area contributed by atoms with E-state index >= 15 is 0 Å². The molecule has 5 heteroatoms. The number of nitrogens with one attached hydrogen (secondary N) is 1. The molecule has 2 atom stereocenters. The Morgan fingerprint density at radius 3 is 2.95 bits per heavy atom. The summed E-state index contributed by atoms with van der Waals surface area (Å²) in [7, 11) is 0. The van der Waals surface area contributed by atoms with E-state index in [4.69, 9.17) is 0 Å². The summed E-state index contributed by atoms with van der Waals surface area (Å²) < 4.78 is 0.714. The molecule has 3 N–H and O–H groups in total. The van der Waals surface area contributed by atoms with Gasteiger partial charge in [0.25, 0.3) is 5.91 Å². The molecule has 0 bridgehead atoms. The second-order valence-electron chi connectivity index (χ2n) is 5.77. The fraction of sp³-hybridized carbons (Fsp3) is 0.533. The lowest BCUT2D eigenvalue weighted by Gasteiger charge is -2.35. The zero-order chi connectivity index (χ0) is 14.8. The van der Waals surface area contributed by atoms with Crippen LogP contribution in [0.15, 0.2) is 22.7 Å². The minimum atomic E-state index is -0.821. The number of carbonyl (C=O) groups is 1. The summed E-state index contributed by atoms with van der Waals surface area (Å²) in [4.78, 5) is 12.0. The number of hydrogen-bond donors (Lipinski definition) is 3. The summed E-state index contributed by atoms with van der Waals surface area (Å²) in [6, 6.07) is 4.74. The van der Waals surface area contributed by atoms with Crippen LogP contribution in [-0.4, -0.2) is 28.3 Å². The van der Waals surface area contributed by atoms with Gasteiger partial charge in [0.05, 0.1) is 11.2 Å². The van der Waals surface area contributed by atoms with E-state index in [-0.39, 0.29) is 23.8 Å². The lowest BCUT2D eigenvalue weighted by Crippen LogP contribution is -2.45. The molecule has 0 saturated heterocycles. The molecule has 20 heavy (non-hydrogen) atoms. The Morgan fingerprint density at radius 1 is 1.55 bits per heavy atom.